The number of carbonyl (C=O) groups is 1. The maximum atomic E-state index is 11.7. The lowest BCUT2D eigenvalue weighted by molar-refractivity contribution is -0.147. The van der Waals surface area contributed by atoms with E-state index in [1.165, 1.54) is 57.8 Å². The molecule has 0 saturated heterocycles. The Hall–Kier alpha value is -0.180. The quantitative estimate of drug-likeness (QED) is 0.832. The van der Waals surface area contributed by atoms with Gasteiger partial charge in [-0.15, -0.1) is 11.8 Å². The molecule has 0 unspecified atom stereocenters. The number of hydrogen-bond donors (Lipinski definition) is 1. The van der Waals surface area contributed by atoms with Crippen molar-refractivity contribution in [3.05, 3.63) is 0 Å². The van der Waals surface area contributed by atoms with Crippen LogP contribution in [-0.4, -0.2) is 21.1 Å². The Morgan fingerprint density at radius 3 is 2.17 bits per heavy atom. The minimum atomic E-state index is -0.532. The van der Waals surface area contributed by atoms with Crippen molar-refractivity contribution in [1.29, 1.82) is 0 Å². The van der Waals surface area contributed by atoms with Gasteiger partial charge in [-0.25, -0.2) is 0 Å². The zero-order valence-electron chi connectivity index (χ0n) is 11.1. The van der Waals surface area contributed by atoms with Gasteiger partial charge in [-0.05, 0) is 43.9 Å². The molecule has 0 aliphatic heterocycles. The van der Waals surface area contributed by atoms with Gasteiger partial charge in [0.2, 0.25) is 0 Å². The molecule has 0 aromatic heterocycles. The van der Waals surface area contributed by atoms with Crippen LogP contribution in [0.25, 0.3) is 0 Å². The molecule has 102 valence electrons. The number of carboxylic acid groups (broad SMARTS) is 1. The van der Waals surface area contributed by atoms with E-state index in [2.05, 4.69) is 0 Å². The van der Waals surface area contributed by atoms with Gasteiger partial charge >= 0.3 is 5.97 Å². The van der Waals surface area contributed by atoms with E-state index in [9.17, 15) is 9.90 Å². The first-order valence-corrected chi connectivity index (χ1v) is 8.44. The summed E-state index contributed by atoms with van der Waals surface area (Å²) in [6.45, 7) is 0. The molecule has 0 aromatic carbocycles. The van der Waals surface area contributed by atoms with Crippen molar-refractivity contribution in [3.63, 3.8) is 0 Å². The Balaban J connectivity index is 1.65. The summed E-state index contributed by atoms with van der Waals surface area (Å²) >= 11 is 1.82. The molecule has 0 bridgehead atoms. The molecule has 0 aromatic rings. The van der Waals surface area contributed by atoms with Crippen molar-refractivity contribution in [1.82, 2.24) is 0 Å². The van der Waals surface area contributed by atoms with E-state index in [-0.39, 0.29) is 0 Å². The molecule has 0 atom stereocenters. The van der Waals surface area contributed by atoms with Crippen LogP contribution < -0.4 is 0 Å². The fraction of sp³-hybridized carbons (Fsp3) is 0.933. The van der Waals surface area contributed by atoms with E-state index in [0.717, 1.165) is 12.8 Å². The number of rotatable bonds is 3. The van der Waals surface area contributed by atoms with Gasteiger partial charge in [0.15, 0.2) is 0 Å². The van der Waals surface area contributed by atoms with Crippen molar-refractivity contribution in [3.8, 4) is 0 Å². The van der Waals surface area contributed by atoms with Gasteiger partial charge in [-0.1, -0.05) is 32.1 Å². The maximum Gasteiger partial charge on any atom is 0.319 e. The molecule has 18 heavy (non-hydrogen) atoms. The molecule has 0 amide bonds. The second-order valence-corrected chi connectivity index (χ2v) is 8.42. The largest absolute Gasteiger partial charge is 0.480 e. The van der Waals surface area contributed by atoms with Crippen LogP contribution >= 0.6 is 11.8 Å². The van der Waals surface area contributed by atoms with Crippen LogP contribution in [0.1, 0.15) is 70.6 Å². The Morgan fingerprint density at radius 1 is 1.00 bits per heavy atom. The lowest BCUT2D eigenvalue weighted by Crippen LogP contribution is -2.56. The predicted molar refractivity (Wildman–Crippen MR) is 75.0 cm³/mol. The third-order valence-corrected chi connectivity index (χ3v) is 7.04. The smallest absolute Gasteiger partial charge is 0.319 e. The summed E-state index contributed by atoms with van der Waals surface area (Å²) in [6, 6.07) is 0. The van der Waals surface area contributed by atoms with Crippen LogP contribution in [0.4, 0.5) is 0 Å². The Morgan fingerprint density at radius 2 is 1.61 bits per heavy atom. The molecule has 1 N–H and O–H groups in total. The second kappa shape index (κ2) is 4.73. The number of hydrogen-bond acceptors (Lipinski definition) is 2. The standard InChI is InChI=1S/C15H24O2S/c16-13(17)15(18-12-6-2-3-7-12)10-14(11-15)8-4-1-5-9-14/h12H,1-11H2,(H,16,17). The fourth-order valence-electron chi connectivity index (χ4n) is 4.43. The van der Waals surface area contributed by atoms with Gasteiger partial charge in [0, 0.05) is 5.25 Å². The zero-order chi connectivity index (χ0) is 12.6. The first-order valence-electron chi connectivity index (χ1n) is 7.56. The summed E-state index contributed by atoms with van der Waals surface area (Å²) in [5, 5.41) is 10.3. The first kappa shape index (κ1) is 12.8. The summed E-state index contributed by atoms with van der Waals surface area (Å²) < 4.78 is -0.410. The number of aliphatic carboxylic acids is 1. The average Bonchev–Trinajstić information content (AvgIpc) is 2.80. The second-order valence-electron chi connectivity index (χ2n) is 6.74. The van der Waals surface area contributed by atoms with Crippen LogP contribution in [0.2, 0.25) is 0 Å². The van der Waals surface area contributed by atoms with Gasteiger partial charge < -0.3 is 5.11 Å². The van der Waals surface area contributed by atoms with E-state index in [1.807, 2.05) is 11.8 Å². The van der Waals surface area contributed by atoms with Gasteiger partial charge in [0.1, 0.15) is 4.75 Å². The van der Waals surface area contributed by atoms with E-state index in [0.29, 0.717) is 10.7 Å². The third-order valence-electron chi connectivity index (χ3n) is 5.32. The normalized spacial score (nSPS) is 30.2. The molecule has 3 aliphatic carbocycles. The highest BCUT2D eigenvalue weighted by atomic mass is 32.2. The van der Waals surface area contributed by atoms with Crippen molar-refractivity contribution in [2.24, 2.45) is 5.41 Å². The molecule has 3 aliphatic rings. The number of carboxylic acids is 1. The third kappa shape index (κ3) is 2.19. The predicted octanol–water partition coefficient (Wildman–Crippen LogP) is 4.23. The van der Waals surface area contributed by atoms with E-state index >= 15 is 0 Å². The van der Waals surface area contributed by atoms with Gasteiger partial charge in [-0.2, -0.15) is 0 Å². The Labute approximate surface area is 114 Å². The van der Waals surface area contributed by atoms with Gasteiger partial charge in [-0.3, -0.25) is 4.79 Å². The summed E-state index contributed by atoms with van der Waals surface area (Å²) in [6.07, 6.45) is 13.6. The molecule has 0 radical (unpaired) electrons. The Kier molecular flexibility index (Phi) is 3.38. The number of thioether (sulfide) groups is 1. The highest BCUT2D eigenvalue weighted by Crippen LogP contribution is 2.63. The van der Waals surface area contributed by atoms with E-state index < -0.39 is 10.7 Å². The maximum absolute atomic E-state index is 11.7. The van der Waals surface area contributed by atoms with Crippen LogP contribution in [0.3, 0.4) is 0 Å². The molecule has 2 nitrogen and oxygen atoms in total. The lowest BCUT2D eigenvalue weighted by atomic mass is 9.55. The molecule has 0 heterocycles. The highest BCUT2D eigenvalue weighted by molar-refractivity contribution is 8.02. The summed E-state index contributed by atoms with van der Waals surface area (Å²) in [5.41, 5.74) is 0.419. The van der Waals surface area contributed by atoms with E-state index in [4.69, 9.17) is 0 Å². The van der Waals surface area contributed by atoms with Gasteiger partial charge in [0.05, 0.1) is 0 Å². The molecule has 3 saturated carbocycles. The SMILES string of the molecule is O=C(O)C1(SC2CCCC2)CC2(CCCCC2)C1. The molecule has 1 spiro atoms. The molecule has 3 heteroatoms. The summed E-state index contributed by atoms with van der Waals surface area (Å²) in [7, 11) is 0. The van der Waals surface area contributed by atoms with Crippen molar-refractivity contribution < 1.29 is 9.90 Å². The molecule has 3 rings (SSSR count). The van der Waals surface area contributed by atoms with Crippen LogP contribution in [0.15, 0.2) is 0 Å². The molecular formula is C15H24O2S. The molecule has 3 fully saturated rings. The van der Waals surface area contributed by atoms with Crippen molar-refractivity contribution in [2.45, 2.75) is 80.6 Å². The van der Waals surface area contributed by atoms with Crippen LogP contribution in [-0.2, 0) is 4.79 Å². The topological polar surface area (TPSA) is 37.3 Å². The van der Waals surface area contributed by atoms with Crippen molar-refractivity contribution >= 4 is 17.7 Å². The van der Waals surface area contributed by atoms with Crippen LogP contribution in [0.5, 0.6) is 0 Å². The van der Waals surface area contributed by atoms with Crippen molar-refractivity contribution in [2.75, 3.05) is 0 Å². The van der Waals surface area contributed by atoms with E-state index in [1.54, 1.807) is 0 Å². The Bertz CT molecular complexity index is 319. The molecular weight excluding hydrogens is 244 g/mol. The van der Waals surface area contributed by atoms with Crippen LogP contribution in [0, 0.1) is 5.41 Å². The first-order chi connectivity index (χ1) is 8.64. The zero-order valence-corrected chi connectivity index (χ0v) is 11.9. The van der Waals surface area contributed by atoms with Gasteiger partial charge in [0.25, 0.3) is 0 Å². The lowest BCUT2D eigenvalue weighted by Gasteiger charge is -2.56. The fourth-order valence-corrected chi connectivity index (χ4v) is 6.51. The summed E-state index contributed by atoms with van der Waals surface area (Å²) in [4.78, 5) is 11.7. The summed E-state index contributed by atoms with van der Waals surface area (Å²) in [5.74, 6) is -0.532. The minimum Gasteiger partial charge on any atom is -0.480 e. The monoisotopic (exact) mass is 268 g/mol. The minimum absolute atomic E-state index is 0.410. The highest BCUT2D eigenvalue weighted by Gasteiger charge is 2.59. The average molecular weight is 268 g/mol.